The van der Waals surface area contributed by atoms with E-state index in [0.29, 0.717) is 5.69 Å². The van der Waals surface area contributed by atoms with Crippen molar-refractivity contribution in [3.8, 4) is 0 Å². The molecule has 0 spiro atoms. The Hall–Kier alpha value is -2.93. The van der Waals surface area contributed by atoms with Gasteiger partial charge in [-0.1, -0.05) is 28.1 Å². The molecule has 0 aliphatic carbocycles. The molecule has 2 aliphatic heterocycles. The molecule has 142 valence electrons. The lowest BCUT2D eigenvalue weighted by atomic mass is 10.1. The minimum atomic E-state index is -0.751. The quantitative estimate of drug-likeness (QED) is 0.584. The number of hydrogen-bond acceptors (Lipinski definition) is 4. The van der Waals surface area contributed by atoms with Crippen LogP contribution in [0.3, 0.4) is 0 Å². The van der Waals surface area contributed by atoms with Crippen molar-refractivity contribution in [3.63, 3.8) is 0 Å². The molecule has 0 aromatic heterocycles. The summed E-state index contributed by atoms with van der Waals surface area (Å²) in [5.74, 6) is -1.33. The maximum absolute atomic E-state index is 12.9. The second kappa shape index (κ2) is 7.59. The second-order valence-electron chi connectivity index (χ2n) is 6.72. The molecule has 7 heteroatoms. The molecule has 4 amide bonds. The van der Waals surface area contributed by atoms with E-state index in [1.165, 1.54) is 18.9 Å². The van der Waals surface area contributed by atoms with Crippen molar-refractivity contribution in [2.75, 3.05) is 22.9 Å². The number of nitrogens with one attached hydrogen (secondary N) is 1. The number of urea groups is 1. The topological polar surface area (TPSA) is 69.7 Å². The number of carbonyl (C=O) groups is 3. The van der Waals surface area contributed by atoms with Crippen molar-refractivity contribution < 1.29 is 14.4 Å². The zero-order valence-corrected chi connectivity index (χ0v) is 16.6. The summed E-state index contributed by atoms with van der Waals surface area (Å²) in [5, 5.41) is 2.24. The van der Waals surface area contributed by atoms with Crippen LogP contribution in [0, 0.1) is 0 Å². The minimum Gasteiger partial charge on any atom is -0.372 e. The molecule has 1 N–H and O–H groups in total. The van der Waals surface area contributed by atoms with Crippen molar-refractivity contribution in [2.45, 2.75) is 12.8 Å². The molecule has 2 aromatic carbocycles. The lowest BCUT2D eigenvalue weighted by Crippen LogP contribution is -2.54. The minimum absolute atomic E-state index is 0.0727. The maximum Gasteiger partial charge on any atom is 0.335 e. The molecule has 6 nitrogen and oxygen atoms in total. The summed E-state index contributed by atoms with van der Waals surface area (Å²) in [6, 6.07) is 13.7. The molecule has 28 heavy (non-hydrogen) atoms. The number of halogens is 1. The highest BCUT2D eigenvalue weighted by Gasteiger charge is 2.36. The highest BCUT2D eigenvalue weighted by Crippen LogP contribution is 2.25. The average Bonchev–Trinajstić information content (AvgIpc) is 3.22. The standard InChI is InChI=1S/C21H18BrN3O3/c22-15-5-9-17(10-6-15)25-20(27)18(19(26)23-21(25)28)13-14-3-7-16(8-4-14)24-11-1-2-12-24/h3-10,13H,1-2,11-12H2,(H,23,26,28)/b18-13+. The smallest absolute Gasteiger partial charge is 0.335 e. The lowest BCUT2D eigenvalue weighted by Gasteiger charge is -2.26. The van der Waals surface area contributed by atoms with E-state index in [1.54, 1.807) is 24.3 Å². The lowest BCUT2D eigenvalue weighted by molar-refractivity contribution is -0.122. The van der Waals surface area contributed by atoms with Crippen LogP contribution in [0.4, 0.5) is 16.2 Å². The van der Waals surface area contributed by atoms with Gasteiger partial charge in [0.25, 0.3) is 11.8 Å². The third-order valence-electron chi connectivity index (χ3n) is 4.86. The first-order chi connectivity index (χ1) is 13.5. The molecule has 4 rings (SSSR count). The van der Waals surface area contributed by atoms with Gasteiger partial charge in [-0.15, -0.1) is 0 Å². The summed E-state index contributed by atoms with van der Waals surface area (Å²) < 4.78 is 0.825. The molecular formula is C21H18BrN3O3. The maximum atomic E-state index is 12.9. The van der Waals surface area contributed by atoms with Crippen molar-refractivity contribution in [1.29, 1.82) is 0 Å². The monoisotopic (exact) mass is 439 g/mol. The molecule has 0 atom stereocenters. The van der Waals surface area contributed by atoms with Gasteiger partial charge in [-0.3, -0.25) is 14.9 Å². The van der Waals surface area contributed by atoms with Gasteiger partial charge in [0.15, 0.2) is 0 Å². The highest BCUT2D eigenvalue weighted by atomic mass is 79.9. The summed E-state index contributed by atoms with van der Waals surface area (Å²) in [6.07, 6.45) is 3.91. The molecule has 2 aliphatic rings. The van der Waals surface area contributed by atoms with Gasteiger partial charge in [0, 0.05) is 23.2 Å². The van der Waals surface area contributed by atoms with E-state index in [1.807, 2.05) is 24.3 Å². The summed E-state index contributed by atoms with van der Waals surface area (Å²) in [4.78, 5) is 40.6. The van der Waals surface area contributed by atoms with Gasteiger partial charge in [0.1, 0.15) is 5.57 Å². The first kappa shape index (κ1) is 18.4. The first-order valence-electron chi connectivity index (χ1n) is 9.05. The molecule has 2 aromatic rings. The Bertz CT molecular complexity index is 961. The van der Waals surface area contributed by atoms with Crippen molar-refractivity contribution in [1.82, 2.24) is 5.32 Å². The van der Waals surface area contributed by atoms with Crippen molar-refractivity contribution >= 4 is 51.2 Å². The Morgan fingerprint density at radius 3 is 2.11 bits per heavy atom. The van der Waals surface area contributed by atoms with E-state index in [4.69, 9.17) is 0 Å². The zero-order chi connectivity index (χ0) is 19.7. The molecule has 2 heterocycles. The molecule has 2 saturated heterocycles. The number of hydrogen-bond donors (Lipinski definition) is 1. The van der Waals surface area contributed by atoms with Crippen LogP contribution < -0.4 is 15.1 Å². The normalized spacial score (nSPS) is 18.8. The Labute approximate surface area is 170 Å². The van der Waals surface area contributed by atoms with Crippen LogP contribution in [0.25, 0.3) is 6.08 Å². The zero-order valence-electron chi connectivity index (χ0n) is 15.0. The summed E-state index contributed by atoms with van der Waals surface area (Å²) >= 11 is 3.32. The first-order valence-corrected chi connectivity index (χ1v) is 9.84. The largest absolute Gasteiger partial charge is 0.372 e. The number of carbonyl (C=O) groups excluding carboxylic acids is 3. The van der Waals surface area contributed by atoms with Gasteiger partial charge in [0.2, 0.25) is 0 Å². The van der Waals surface area contributed by atoms with Crippen molar-refractivity contribution in [3.05, 3.63) is 64.1 Å². The Morgan fingerprint density at radius 1 is 0.857 bits per heavy atom. The summed E-state index contributed by atoms with van der Waals surface area (Å²) in [7, 11) is 0. The van der Waals surface area contributed by atoms with E-state index in [-0.39, 0.29) is 5.57 Å². The molecule has 0 radical (unpaired) electrons. The Balaban J connectivity index is 1.62. The number of benzene rings is 2. The predicted octanol–water partition coefficient (Wildman–Crippen LogP) is 3.72. The van der Waals surface area contributed by atoms with Crippen molar-refractivity contribution in [2.24, 2.45) is 0 Å². The molecule has 0 saturated carbocycles. The van der Waals surface area contributed by atoms with Gasteiger partial charge >= 0.3 is 6.03 Å². The van der Waals surface area contributed by atoms with E-state index < -0.39 is 17.8 Å². The fourth-order valence-electron chi connectivity index (χ4n) is 3.41. The summed E-state index contributed by atoms with van der Waals surface area (Å²) in [5.41, 5.74) is 2.18. The van der Waals surface area contributed by atoms with Crippen LogP contribution in [0.1, 0.15) is 18.4 Å². The van der Waals surface area contributed by atoms with E-state index >= 15 is 0 Å². The highest BCUT2D eigenvalue weighted by molar-refractivity contribution is 9.10. The van der Waals surface area contributed by atoms with Gasteiger partial charge in [-0.05, 0) is 60.9 Å². The van der Waals surface area contributed by atoms with E-state index in [2.05, 4.69) is 26.1 Å². The number of anilines is 2. The van der Waals surface area contributed by atoms with E-state index in [0.717, 1.165) is 33.7 Å². The number of nitrogens with zero attached hydrogens (tertiary/aromatic N) is 2. The third-order valence-corrected chi connectivity index (χ3v) is 5.39. The third kappa shape index (κ3) is 3.57. The van der Waals surface area contributed by atoms with Crippen LogP contribution in [0.15, 0.2) is 58.6 Å². The Kier molecular flexibility index (Phi) is 5.00. The predicted molar refractivity (Wildman–Crippen MR) is 111 cm³/mol. The molecular weight excluding hydrogens is 422 g/mol. The SMILES string of the molecule is O=C1NC(=O)N(c2ccc(Br)cc2)C(=O)/C1=C/c1ccc(N2CCCC2)cc1. The molecule has 0 bridgehead atoms. The second-order valence-corrected chi connectivity index (χ2v) is 7.64. The number of rotatable bonds is 3. The molecule has 2 fully saturated rings. The number of barbiturate groups is 1. The van der Waals surface area contributed by atoms with Crippen LogP contribution in [-0.2, 0) is 9.59 Å². The summed E-state index contributed by atoms with van der Waals surface area (Å²) in [6.45, 7) is 2.09. The fraction of sp³-hybridized carbons (Fsp3) is 0.190. The van der Waals surface area contributed by atoms with Gasteiger partial charge in [-0.2, -0.15) is 0 Å². The molecule has 0 unspecified atom stereocenters. The van der Waals surface area contributed by atoms with Gasteiger partial charge < -0.3 is 4.90 Å². The Morgan fingerprint density at radius 2 is 1.46 bits per heavy atom. The van der Waals surface area contributed by atoms with Crippen LogP contribution in [0.5, 0.6) is 0 Å². The van der Waals surface area contributed by atoms with Crippen LogP contribution >= 0.6 is 15.9 Å². The average molecular weight is 440 g/mol. The fourth-order valence-corrected chi connectivity index (χ4v) is 3.67. The number of imide groups is 2. The van der Waals surface area contributed by atoms with Gasteiger partial charge in [0.05, 0.1) is 5.69 Å². The van der Waals surface area contributed by atoms with Crippen LogP contribution in [-0.4, -0.2) is 30.9 Å². The van der Waals surface area contributed by atoms with Crippen LogP contribution in [0.2, 0.25) is 0 Å². The number of amides is 4. The van der Waals surface area contributed by atoms with E-state index in [9.17, 15) is 14.4 Å². The van der Waals surface area contributed by atoms with Gasteiger partial charge in [-0.25, -0.2) is 9.69 Å².